The molecule has 0 aliphatic carbocycles. The van der Waals surface area contributed by atoms with Gasteiger partial charge in [0.2, 0.25) is 0 Å². The van der Waals surface area contributed by atoms with E-state index in [4.69, 9.17) is 11.6 Å². The number of fused-ring (bicyclic) bond motifs is 1. The van der Waals surface area contributed by atoms with Gasteiger partial charge >= 0.3 is 5.97 Å². The van der Waals surface area contributed by atoms with Crippen LogP contribution in [0.2, 0.25) is 5.02 Å². The predicted octanol–water partition coefficient (Wildman–Crippen LogP) is 5.39. The van der Waals surface area contributed by atoms with Gasteiger partial charge in [0.05, 0.1) is 0 Å². The van der Waals surface area contributed by atoms with E-state index < -0.39 is 5.97 Å². The Morgan fingerprint density at radius 2 is 1.93 bits per heavy atom. The van der Waals surface area contributed by atoms with Crippen molar-refractivity contribution in [3.8, 4) is 0 Å². The van der Waals surface area contributed by atoms with Crippen molar-refractivity contribution in [1.29, 1.82) is 0 Å². The van der Waals surface area contributed by atoms with Crippen LogP contribution in [0.1, 0.15) is 26.5 Å². The molecule has 4 rings (SSSR count). The molecule has 0 bridgehead atoms. The van der Waals surface area contributed by atoms with Crippen LogP contribution < -0.4 is 5.32 Å². The van der Waals surface area contributed by atoms with Gasteiger partial charge in [-0.25, -0.2) is 4.79 Å². The Morgan fingerprint density at radius 1 is 1.07 bits per heavy atom. The molecule has 0 fully saturated rings. The van der Waals surface area contributed by atoms with Gasteiger partial charge in [-0.1, -0.05) is 48.0 Å². The lowest BCUT2D eigenvalue weighted by Gasteiger charge is -2.10. The van der Waals surface area contributed by atoms with E-state index in [9.17, 15) is 9.90 Å². The quantitative estimate of drug-likeness (QED) is 0.429. The van der Waals surface area contributed by atoms with Gasteiger partial charge in [-0.05, 0) is 35.2 Å². The molecule has 2 N–H and O–H groups in total. The smallest absolute Gasteiger partial charge is 0.352 e. The van der Waals surface area contributed by atoms with Gasteiger partial charge in [0.1, 0.15) is 5.69 Å². The van der Waals surface area contributed by atoms with E-state index in [1.54, 1.807) is 11.3 Å². The minimum absolute atomic E-state index is 0.319. The maximum absolute atomic E-state index is 12.2. The van der Waals surface area contributed by atoms with Gasteiger partial charge in [-0.3, -0.25) is 0 Å². The van der Waals surface area contributed by atoms with Gasteiger partial charge in [0.25, 0.3) is 0 Å². The zero-order valence-electron chi connectivity index (χ0n) is 15.1. The van der Waals surface area contributed by atoms with E-state index in [0.29, 0.717) is 30.4 Å². The molecule has 0 atom stereocenters. The molecule has 2 aromatic carbocycles. The lowest BCUT2D eigenvalue weighted by atomic mass is 10.1. The van der Waals surface area contributed by atoms with Crippen LogP contribution in [0.25, 0.3) is 10.9 Å². The second kappa shape index (κ2) is 8.19. The fraction of sp³-hybridized carbons (Fsp3) is 0.136. The van der Waals surface area contributed by atoms with Crippen LogP contribution in [0.5, 0.6) is 0 Å². The number of hydrogen-bond donors (Lipinski definition) is 2. The maximum atomic E-state index is 12.2. The Labute approximate surface area is 172 Å². The third-order valence-electron chi connectivity index (χ3n) is 4.69. The normalized spacial score (nSPS) is 11.2. The summed E-state index contributed by atoms with van der Waals surface area (Å²) in [6.07, 6.45) is 0. The van der Waals surface area contributed by atoms with Gasteiger partial charge in [0.15, 0.2) is 0 Å². The number of nitrogens with zero attached hydrogens (tertiary/aromatic N) is 1. The molecule has 4 aromatic rings. The van der Waals surface area contributed by atoms with Crippen molar-refractivity contribution >= 4 is 39.8 Å². The first kappa shape index (κ1) is 18.7. The van der Waals surface area contributed by atoms with E-state index in [-0.39, 0.29) is 0 Å². The third kappa shape index (κ3) is 3.83. The van der Waals surface area contributed by atoms with Gasteiger partial charge in [-0.15, -0.1) is 11.3 Å². The monoisotopic (exact) mass is 410 g/mol. The molecule has 142 valence electrons. The number of halogens is 1. The number of benzene rings is 2. The molecule has 6 heteroatoms. The number of thiophene rings is 1. The van der Waals surface area contributed by atoms with Gasteiger partial charge in [0, 0.05) is 46.0 Å². The summed E-state index contributed by atoms with van der Waals surface area (Å²) in [6, 6.07) is 19.4. The molecule has 0 saturated carbocycles. The van der Waals surface area contributed by atoms with Crippen molar-refractivity contribution in [1.82, 2.24) is 9.88 Å². The Kier molecular flexibility index (Phi) is 5.48. The molecule has 2 aromatic heterocycles. The molecule has 28 heavy (non-hydrogen) atoms. The van der Waals surface area contributed by atoms with Crippen molar-refractivity contribution < 1.29 is 9.90 Å². The van der Waals surface area contributed by atoms with Crippen molar-refractivity contribution in [3.05, 3.63) is 92.8 Å². The molecule has 0 aliphatic rings. The molecule has 0 unspecified atom stereocenters. The average molecular weight is 411 g/mol. The Morgan fingerprint density at radius 3 is 2.68 bits per heavy atom. The summed E-state index contributed by atoms with van der Waals surface area (Å²) in [4.78, 5) is 13.4. The lowest BCUT2D eigenvalue weighted by molar-refractivity contribution is 0.0685. The molecule has 0 amide bonds. The van der Waals surface area contributed by atoms with Gasteiger partial charge in [-0.2, -0.15) is 0 Å². The highest BCUT2D eigenvalue weighted by Crippen LogP contribution is 2.28. The number of carboxylic acid groups (broad SMARTS) is 1. The Bertz CT molecular complexity index is 1120. The molecule has 0 radical (unpaired) electrons. The van der Waals surface area contributed by atoms with E-state index in [0.717, 1.165) is 22.0 Å². The van der Waals surface area contributed by atoms with Gasteiger partial charge < -0.3 is 15.0 Å². The summed E-state index contributed by atoms with van der Waals surface area (Å²) in [5.41, 5.74) is 3.00. The fourth-order valence-corrected chi connectivity index (χ4v) is 4.39. The maximum Gasteiger partial charge on any atom is 0.352 e. The summed E-state index contributed by atoms with van der Waals surface area (Å²) in [7, 11) is 0. The van der Waals surface area contributed by atoms with Crippen LogP contribution in [-0.2, 0) is 19.6 Å². The number of carboxylic acids is 1. The summed E-state index contributed by atoms with van der Waals surface area (Å²) in [6.45, 7) is 1.65. The number of carbonyl (C=O) groups is 1. The van der Waals surface area contributed by atoms with Crippen LogP contribution in [-0.4, -0.2) is 15.6 Å². The lowest BCUT2D eigenvalue weighted by Crippen LogP contribution is -2.16. The first-order chi connectivity index (χ1) is 13.6. The Hall–Kier alpha value is -2.60. The van der Waals surface area contributed by atoms with Crippen molar-refractivity contribution in [2.75, 3.05) is 0 Å². The number of aromatic nitrogens is 1. The minimum Gasteiger partial charge on any atom is -0.477 e. The van der Waals surface area contributed by atoms with Crippen LogP contribution in [0.3, 0.4) is 0 Å². The number of hydrogen-bond acceptors (Lipinski definition) is 3. The van der Waals surface area contributed by atoms with E-state index in [1.165, 1.54) is 4.88 Å². The number of para-hydroxylation sites is 1. The fourth-order valence-electron chi connectivity index (χ4n) is 3.50. The van der Waals surface area contributed by atoms with E-state index >= 15 is 0 Å². The summed E-state index contributed by atoms with van der Waals surface area (Å²) < 4.78 is 1.87. The second-order valence-corrected chi connectivity index (χ2v) is 8.02. The summed E-state index contributed by atoms with van der Waals surface area (Å²) in [5.74, 6) is -0.925. The standard InChI is InChI=1S/C22H19ClN2O2S/c23-16-6-3-5-15(11-16)14-25-20-9-2-1-8-18(20)19(21(25)22(26)27)13-24-12-17-7-4-10-28-17/h1-11,24H,12-14H2,(H,26,27). The molecule has 4 nitrogen and oxygen atoms in total. The molecule has 0 saturated heterocycles. The molecular formula is C22H19ClN2O2S. The van der Waals surface area contributed by atoms with E-state index in [1.807, 2.05) is 64.5 Å². The summed E-state index contributed by atoms with van der Waals surface area (Å²) >= 11 is 7.80. The summed E-state index contributed by atoms with van der Waals surface area (Å²) in [5, 5.41) is 17.0. The topological polar surface area (TPSA) is 54.3 Å². The first-order valence-electron chi connectivity index (χ1n) is 8.94. The van der Waals surface area contributed by atoms with Crippen LogP contribution in [0.4, 0.5) is 0 Å². The molecular weight excluding hydrogens is 392 g/mol. The molecule has 0 aliphatic heterocycles. The number of nitrogens with one attached hydrogen (secondary N) is 1. The minimum atomic E-state index is -0.925. The van der Waals surface area contributed by atoms with Crippen LogP contribution in [0.15, 0.2) is 66.0 Å². The molecule has 2 heterocycles. The highest BCUT2D eigenvalue weighted by atomic mass is 35.5. The number of rotatable bonds is 7. The average Bonchev–Trinajstić information content (AvgIpc) is 3.29. The highest BCUT2D eigenvalue weighted by Gasteiger charge is 2.22. The predicted molar refractivity (Wildman–Crippen MR) is 114 cm³/mol. The second-order valence-electron chi connectivity index (χ2n) is 6.55. The SMILES string of the molecule is O=C(O)c1c(CNCc2cccs2)c2ccccc2n1Cc1cccc(Cl)c1. The number of aromatic carboxylic acids is 1. The third-order valence-corrected chi connectivity index (χ3v) is 5.80. The van der Waals surface area contributed by atoms with Crippen molar-refractivity contribution in [2.45, 2.75) is 19.6 Å². The largest absolute Gasteiger partial charge is 0.477 e. The first-order valence-corrected chi connectivity index (χ1v) is 10.2. The Balaban J connectivity index is 1.73. The van der Waals surface area contributed by atoms with Crippen molar-refractivity contribution in [2.24, 2.45) is 0 Å². The zero-order chi connectivity index (χ0) is 19.5. The highest BCUT2D eigenvalue weighted by molar-refractivity contribution is 7.09. The van der Waals surface area contributed by atoms with E-state index in [2.05, 4.69) is 11.4 Å². The van der Waals surface area contributed by atoms with Crippen molar-refractivity contribution in [3.63, 3.8) is 0 Å². The molecule has 0 spiro atoms. The zero-order valence-corrected chi connectivity index (χ0v) is 16.6. The van der Waals surface area contributed by atoms with Crippen LogP contribution >= 0.6 is 22.9 Å². The van der Waals surface area contributed by atoms with Crippen LogP contribution in [0, 0.1) is 0 Å².